The molecule has 5 heterocycles. The number of fused-ring (bicyclic) bond motifs is 2. The van der Waals surface area contributed by atoms with Gasteiger partial charge >= 0.3 is 0 Å². The highest BCUT2D eigenvalue weighted by Crippen LogP contribution is 2.32. The van der Waals surface area contributed by atoms with Gasteiger partial charge in [0.05, 0.1) is 34.3 Å². The normalized spacial score (nSPS) is 13.3. The van der Waals surface area contributed by atoms with Crippen LogP contribution in [0.15, 0.2) is 67.1 Å². The van der Waals surface area contributed by atoms with E-state index in [9.17, 15) is 9.18 Å². The third-order valence-corrected chi connectivity index (χ3v) is 6.38. The molecule has 0 aliphatic heterocycles. The molecule has 180 valence electrons. The molecule has 1 saturated carbocycles. The van der Waals surface area contributed by atoms with Gasteiger partial charge in [-0.3, -0.25) is 19.9 Å². The topological polar surface area (TPSA) is 125 Å². The first-order valence-corrected chi connectivity index (χ1v) is 11.8. The molecule has 1 aliphatic rings. The Balaban J connectivity index is 1.28. The van der Waals surface area contributed by atoms with E-state index in [1.807, 2.05) is 24.3 Å². The average Bonchev–Trinajstić information content (AvgIpc) is 3.55. The number of halogens is 1. The molecule has 1 aromatic carbocycles. The van der Waals surface area contributed by atoms with E-state index in [4.69, 9.17) is 9.97 Å². The van der Waals surface area contributed by atoms with Gasteiger partial charge in [-0.25, -0.2) is 14.4 Å². The first kappa shape index (κ1) is 21.3. The fourth-order valence-corrected chi connectivity index (χ4v) is 4.36. The Morgan fingerprint density at radius 2 is 1.84 bits per heavy atom. The number of H-pyrrole nitrogens is 2. The van der Waals surface area contributed by atoms with Crippen LogP contribution in [0.2, 0.25) is 0 Å². The molecule has 3 N–H and O–H groups in total. The van der Waals surface area contributed by atoms with Gasteiger partial charge in [-0.2, -0.15) is 5.10 Å². The molecule has 9 nitrogen and oxygen atoms in total. The van der Waals surface area contributed by atoms with Gasteiger partial charge in [0, 0.05) is 29.4 Å². The summed E-state index contributed by atoms with van der Waals surface area (Å²) >= 11 is 0. The maximum Gasteiger partial charge on any atom is 0.227 e. The second kappa shape index (κ2) is 8.30. The van der Waals surface area contributed by atoms with E-state index in [2.05, 4.69) is 30.5 Å². The van der Waals surface area contributed by atoms with E-state index in [0.717, 1.165) is 29.4 Å². The van der Waals surface area contributed by atoms with Gasteiger partial charge in [0.15, 0.2) is 11.5 Å². The maximum atomic E-state index is 13.9. The van der Waals surface area contributed by atoms with E-state index < -0.39 is 0 Å². The second-order valence-corrected chi connectivity index (χ2v) is 9.04. The Bertz CT molecular complexity index is 1820. The minimum Gasteiger partial charge on any atom is -0.336 e. The third-order valence-electron chi connectivity index (χ3n) is 6.38. The predicted octanol–water partition coefficient (Wildman–Crippen LogP) is 5.11. The van der Waals surface area contributed by atoms with Gasteiger partial charge in [0.2, 0.25) is 5.91 Å². The molecule has 7 rings (SSSR count). The summed E-state index contributed by atoms with van der Waals surface area (Å²) < 4.78 is 13.9. The number of aromatic amines is 2. The number of anilines is 1. The van der Waals surface area contributed by atoms with E-state index >= 15 is 0 Å². The summed E-state index contributed by atoms with van der Waals surface area (Å²) in [5.74, 6) is 0.302. The molecule has 0 bridgehead atoms. The molecule has 1 amide bonds. The number of hydrogen-bond acceptors (Lipinski definition) is 6. The predicted molar refractivity (Wildman–Crippen MR) is 137 cm³/mol. The number of amides is 1. The number of aromatic nitrogens is 7. The fourth-order valence-electron chi connectivity index (χ4n) is 4.36. The molecule has 0 atom stereocenters. The minimum absolute atomic E-state index is 0.0245. The van der Waals surface area contributed by atoms with E-state index in [1.54, 1.807) is 30.7 Å². The van der Waals surface area contributed by atoms with Crippen LogP contribution in [-0.4, -0.2) is 41.0 Å². The van der Waals surface area contributed by atoms with E-state index in [0.29, 0.717) is 45.2 Å². The summed E-state index contributed by atoms with van der Waals surface area (Å²) in [7, 11) is 0. The van der Waals surface area contributed by atoms with Crippen molar-refractivity contribution in [3.63, 3.8) is 0 Å². The van der Waals surface area contributed by atoms with Crippen LogP contribution in [0.5, 0.6) is 0 Å². The Kier molecular flexibility index (Phi) is 4.78. The molecule has 0 radical (unpaired) electrons. The maximum absolute atomic E-state index is 13.9. The summed E-state index contributed by atoms with van der Waals surface area (Å²) in [5.41, 5.74) is 6.58. The highest BCUT2D eigenvalue weighted by Gasteiger charge is 2.29. The molecule has 10 heteroatoms. The second-order valence-electron chi connectivity index (χ2n) is 9.04. The number of benzene rings is 1. The molecule has 1 aliphatic carbocycles. The van der Waals surface area contributed by atoms with Gasteiger partial charge in [-0.15, -0.1) is 0 Å². The molecule has 0 unspecified atom stereocenters. The van der Waals surface area contributed by atoms with Crippen molar-refractivity contribution in [2.45, 2.75) is 12.8 Å². The molecular formula is C27H19FN8O. The molecule has 0 spiro atoms. The molecule has 6 aromatic rings. The quantitative estimate of drug-likeness (QED) is 0.308. The van der Waals surface area contributed by atoms with Crippen LogP contribution >= 0.6 is 0 Å². The SMILES string of the molecule is O=C(Nc1cncc(-c2ccc3[nH]nc(-c4nc5c(-c6cccc(F)c6)nccc5[nH]4)c3n2)c1)C1CC1. The molecule has 5 aromatic heterocycles. The number of imidazole rings is 1. The Morgan fingerprint density at radius 1 is 0.946 bits per heavy atom. The summed E-state index contributed by atoms with van der Waals surface area (Å²) in [6.45, 7) is 0. The fraction of sp³-hybridized carbons (Fsp3) is 0.111. The van der Waals surface area contributed by atoms with Gasteiger partial charge in [-0.1, -0.05) is 12.1 Å². The minimum atomic E-state index is -0.340. The summed E-state index contributed by atoms with van der Waals surface area (Å²) in [5, 5.41) is 10.4. The summed E-state index contributed by atoms with van der Waals surface area (Å²) in [4.78, 5) is 33.8. The van der Waals surface area contributed by atoms with Crippen LogP contribution in [0, 0.1) is 11.7 Å². The Morgan fingerprint density at radius 3 is 2.70 bits per heavy atom. The molecular weight excluding hydrogens is 471 g/mol. The zero-order chi connectivity index (χ0) is 24.9. The molecule has 1 fully saturated rings. The van der Waals surface area contributed by atoms with Crippen molar-refractivity contribution in [2.24, 2.45) is 5.92 Å². The highest BCUT2D eigenvalue weighted by atomic mass is 19.1. The largest absolute Gasteiger partial charge is 0.336 e. The highest BCUT2D eigenvalue weighted by molar-refractivity contribution is 5.96. The van der Waals surface area contributed by atoms with Gasteiger partial charge in [-0.05, 0) is 49.2 Å². The van der Waals surface area contributed by atoms with Crippen molar-refractivity contribution < 1.29 is 9.18 Å². The van der Waals surface area contributed by atoms with Crippen LogP contribution < -0.4 is 5.32 Å². The number of pyridine rings is 3. The zero-order valence-electron chi connectivity index (χ0n) is 19.4. The van der Waals surface area contributed by atoms with Crippen molar-refractivity contribution in [2.75, 3.05) is 5.32 Å². The third kappa shape index (κ3) is 3.88. The monoisotopic (exact) mass is 490 g/mol. The van der Waals surface area contributed by atoms with Crippen molar-refractivity contribution in [1.82, 2.24) is 35.1 Å². The number of carbonyl (C=O) groups excluding carboxylic acids is 1. The number of hydrogen-bond donors (Lipinski definition) is 3. The van der Waals surface area contributed by atoms with Crippen molar-refractivity contribution in [1.29, 1.82) is 0 Å². The lowest BCUT2D eigenvalue weighted by atomic mass is 10.1. The lowest BCUT2D eigenvalue weighted by Gasteiger charge is -2.06. The van der Waals surface area contributed by atoms with Gasteiger partial charge < -0.3 is 10.3 Å². The van der Waals surface area contributed by atoms with Crippen molar-refractivity contribution >= 4 is 33.7 Å². The average molecular weight is 491 g/mol. The van der Waals surface area contributed by atoms with E-state index in [1.165, 1.54) is 12.1 Å². The van der Waals surface area contributed by atoms with Crippen LogP contribution in [0.1, 0.15) is 12.8 Å². The lowest BCUT2D eigenvalue weighted by Crippen LogP contribution is -2.13. The van der Waals surface area contributed by atoms with Crippen LogP contribution in [-0.2, 0) is 4.79 Å². The molecule has 37 heavy (non-hydrogen) atoms. The summed E-state index contributed by atoms with van der Waals surface area (Å²) in [6, 6.07) is 13.7. The summed E-state index contributed by atoms with van der Waals surface area (Å²) in [6.07, 6.45) is 6.86. The lowest BCUT2D eigenvalue weighted by molar-refractivity contribution is -0.117. The van der Waals surface area contributed by atoms with Crippen LogP contribution in [0.3, 0.4) is 0 Å². The Hall–Kier alpha value is -4.99. The first-order valence-electron chi connectivity index (χ1n) is 11.8. The number of nitrogens with zero attached hydrogens (tertiary/aromatic N) is 5. The van der Waals surface area contributed by atoms with Crippen LogP contribution in [0.4, 0.5) is 10.1 Å². The van der Waals surface area contributed by atoms with Crippen molar-refractivity contribution in [3.05, 3.63) is 72.9 Å². The Labute approximate surface area is 209 Å². The smallest absolute Gasteiger partial charge is 0.227 e. The van der Waals surface area contributed by atoms with E-state index in [-0.39, 0.29) is 17.6 Å². The molecule has 0 saturated heterocycles. The first-order chi connectivity index (χ1) is 18.1. The number of nitrogens with one attached hydrogen (secondary N) is 3. The zero-order valence-corrected chi connectivity index (χ0v) is 19.4. The van der Waals surface area contributed by atoms with Gasteiger partial charge in [0.25, 0.3) is 0 Å². The van der Waals surface area contributed by atoms with Crippen LogP contribution in [0.25, 0.3) is 56.1 Å². The standard InChI is InChI=1S/C27H19FN8O/c28-17-3-1-2-15(10-17)22-23-20(8-9-30-22)33-26(34-23)25-24-21(35-36-25)7-6-19(32-24)16-11-18(13-29-12-16)31-27(37)14-4-5-14/h1-3,6-14H,4-5H2,(H,31,37)(H,33,34)(H,35,36). The number of rotatable bonds is 5. The van der Waals surface area contributed by atoms with Crippen molar-refractivity contribution in [3.8, 4) is 34.0 Å². The number of carbonyl (C=O) groups is 1. The van der Waals surface area contributed by atoms with Gasteiger partial charge in [0.1, 0.15) is 16.9 Å².